The highest BCUT2D eigenvalue weighted by molar-refractivity contribution is 5.89. The first-order chi connectivity index (χ1) is 18.0. The standard InChI is InChI=1S/C29H29N5O3/c1-19-30-14-20(15-31-19)16-34(10-9-24(17-34)36-2)18-37-23-7-8-27-22(11-23)13-28(32-27)25-12-21-5-3-4-6-26(21)33-29(25)35/h3-8,11-15,24,32H,9-10,16-18H2,1-2H3/p+1. The van der Waals surface area contributed by atoms with E-state index in [1.807, 2.05) is 73.9 Å². The maximum atomic E-state index is 12.8. The van der Waals surface area contributed by atoms with Gasteiger partial charge in [0.2, 0.25) is 6.73 Å². The number of aromatic amines is 2. The summed E-state index contributed by atoms with van der Waals surface area (Å²) in [6.07, 6.45) is 5.02. The van der Waals surface area contributed by atoms with Gasteiger partial charge in [0.15, 0.2) is 0 Å². The van der Waals surface area contributed by atoms with E-state index in [0.717, 1.165) is 75.2 Å². The van der Waals surface area contributed by atoms with Crippen LogP contribution < -0.4 is 10.3 Å². The number of para-hydroxylation sites is 1. The van der Waals surface area contributed by atoms with E-state index < -0.39 is 0 Å². The fourth-order valence-corrected chi connectivity index (χ4v) is 5.32. The van der Waals surface area contributed by atoms with Gasteiger partial charge in [-0.1, -0.05) is 18.2 Å². The van der Waals surface area contributed by atoms with Crippen LogP contribution in [0.2, 0.25) is 0 Å². The normalized spacial score (nSPS) is 19.6. The lowest BCUT2D eigenvalue weighted by Gasteiger charge is -2.33. The lowest BCUT2D eigenvalue weighted by Crippen LogP contribution is -2.48. The van der Waals surface area contributed by atoms with E-state index in [1.54, 1.807) is 7.11 Å². The van der Waals surface area contributed by atoms with Gasteiger partial charge in [0.25, 0.3) is 5.56 Å². The first-order valence-electron chi connectivity index (χ1n) is 12.5. The highest BCUT2D eigenvalue weighted by Crippen LogP contribution is 2.29. The number of hydrogen-bond acceptors (Lipinski definition) is 5. The van der Waals surface area contributed by atoms with Gasteiger partial charge in [-0.2, -0.15) is 0 Å². The SMILES string of the molecule is COC1CC[N+](COc2ccc3[nH]c(-c4cc5ccccc5[nH]c4=O)cc3c2)(Cc2cnc(C)nc2)C1. The number of aryl methyl sites for hydroxylation is 1. The summed E-state index contributed by atoms with van der Waals surface area (Å²) in [5, 5.41) is 1.99. The molecule has 0 aliphatic carbocycles. The predicted molar refractivity (Wildman–Crippen MR) is 143 cm³/mol. The van der Waals surface area contributed by atoms with E-state index in [0.29, 0.717) is 12.3 Å². The lowest BCUT2D eigenvalue weighted by atomic mass is 10.1. The summed E-state index contributed by atoms with van der Waals surface area (Å²) in [6, 6.07) is 17.7. The maximum absolute atomic E-state index is 12.8. The van der Waals surface area contributed by atoms with Gasteiger partial charge >= 0.3 is 0 Å². The molecule has 8 heteroatoms. The zero-order valence-corrected chi connectivity index (χ0v) is 21.0. The number of benzene rings is 2. The molecule has 2 atom stereocenters. The van der Waals surface area contributed by atoms with Gasteiger partial charge in [-0.25, -0.2) is 9.97 Å². The molecule has 1 aliphatic heterocycles. The number of hydrogen-bond donors (Lipinski definition) is 2. The number of aromatic nitrogens is 4. The van der Waals surface area contributed by atoms with Crippen molar-refractivity contribution in [2.75, 3.05) is 26.9 Å². The Balaban J connectivity index is 1.25. The molecule has 2 unspecified atom stereocenters. The van der Waals surface area contributed by atoms with E-state index in [1.165, 1.54) is 0 Å². The third-order valence-corrected chi connectivity index (χ3v) is 7.34. The third kappa shape index (κ3) is 4.73. The zero-order valence-electron chi connectivity index (χ0n) is 21.0. The predicted octanol–water partition coefficient (Wildman–Crippen LogP) is 4.55. The molecule has 2 aromatic carbocycles. The molecule has 5 aromatic rings. The van der Waals surface area contributed by atoms with Crippen molar-refractivity contribution in [2.24, 2.45) is 0 Å². The van der Waals surface area contributed by atoms with Gasteiger partial charge in [-0.15, -0.1) is 0 Å². The molecule has 1 saturated heterocycles. The van der Waals surface area contributed by atoms with Crippen molar-refractivity contribution in [3.63, 3.8) is 0 Å². The highest BCUT2D eigenvalue weighted by Gasteiger charge is 2.39. The average Bonchev–Trinajstić information content (AvgIpc) is 3.52. The first-order valence-corrected chi connectivity index (χ1v) is 12.5. The van der Waals surface area contributed by atoms with Crippen LogP contribution in [0.3, 0.4) is 0 Å². The van der Waals surface area contributed by atoms with Gasteiger partial charge < -0.3 is 19.4 Å². The van der Waals surface area contributed by atoms with Crippen LogP contribution in [0.4, 0.5) is 0 Å². The Labute approximate surface area is 214 Å². The van der Waals surface area contributed by atoms with Gasteiger partial charge in [-0.3, -0.25) is 9.28 Å². The number of pyridine rings is 1. The average molecular weight is 497 g/mol. The molecule has 6 rings (SSSR count). The Hall–Kier alpha value is -4.01. The topological polar surface area (TPSA) is 92.9 Å². The van der Waals surface area contributed by atoms with Crippen molar-refractivity contribution in [3.05, 3.63) is 88.7 Å². The number of nitrogens with zero attached hydrogens (tertiary/aromatic N) is 3. The van der Waals surface area contributed by atoms with Gasteiger partial charge in [0.1, 0.15) is 30.8 Å². The Kier molecular flexibility index (Phi) is 5.98. The van der Waals surface area contributed by atoms with Crippen molar-refractivity contribution < 1.29 is 14.0 Å². The van der Waals surface area contributed by atoms with Crippen molar-refractivity contribution in [3.8, 4) is 17.0 Å². The molecule has 2 N–H and O–H groups in total. The van der Waals surface area contributed by atoms with Crippen LogP contribution in [-0.4, -0.2) is 57.5 Å². The number of rotatable bonds is 7. The minimum Gasteiger partial charge on any atom is -0.445 e. The van der Waals surface area contributed by atoms with Gasteiger partial charge in [0.05, 0.1) is 17.8 Å². The van der Waals surface area contributed by atoms with E-state index in [4.69, 9.17) is 9.47 Å². The quantitative estimate of drug-likeness (QED) is 0.323. The van der Waals surface area contributed by atoms with E-state index in [-0.39, 0.29) is 11.7 Å². The van der Waals surface area contributed by atoms with Crippen LogP contribution in [0.5, 0.6) is 5.75 Å². The van der Waals surface area contributed by atoms with Crippen molar-refractivity contribution in [1.29, 1.82) is 0 Å². The van der Waals surface area contributed by atoms with Crippen LogP contribution in [0.1, 0.15) is 17.8 Å². The van der Waals surface area contributed by atoms with Crippen LogP contribution in [-0.2, 0) is 11.3 Å². The van der Waals surface area contributed by atoms with Crippen molar-refractivity contribution in [2.45, 2.75) is 26.0 Å². The summed E-state index contributed by atoms with van der Waals surface area (Å²) in [4.78, 5) is 27.9. The van der Waals surface area contributed by atoms with Crippen LogP contribution >= 0.6 is 0 Å². The van der Waals surface area contributed by atoms with Crippen molar-refractivity contribution >= 4 is 21.8 Å². The number of nitrogens with one attached hydrogen (secondary N) is 2. The first kappa shape index (κ1) is 23.4. The summed E-state index contributed by atoms with van der Waals surface area (Å²) in [5.41, 5.74) is 4.16. The number of quaternary nitrogens is 1. The lowest BCUT2D eigenvalue weighted by molar-refractivity contribution is -0.945. The molecule has 4 heterocycles. The number of H-pyrrole nitrogens is 2. The molecular weight excluding hydrogens is 466 g/mol. The van der Waals surface area contributed by atoms with Crippen LogP contribution in [0, 0.1) is 6.92 Å². The monoisotopic (exact) mass is 496 g/mol. The van der Waals surface area contributed by atoms with E-state index >= 15 is 0 Å². The second-order valence-electron chi connectivity index (χ2n) is 10.00. The second kappa shape index (κ2) is 9.46. The fourth-order valence-electron chi connectivity index (χ4n) is 5.32. The molecule has 0 spiro atoms. The Morgan fingerprint density at radius 2 is 1.81 bits per heavy atom. The largest absolute Gasteiger partial charge is 0.445 e. The molecule has 0 saturated carbocycles. The maximum Gasteiger partial charge on any atom is 0.257 e. The fraction of sp³-hybridized carbons (Fsp3) is 0.276. The summed E-state index contributed by atoms with van der Waals surface area (Å²) >= 11 is 0. The zero-order chi connectivity index (χ0) is 25.4. The highest BCUT2D eigenvalue weighted by atomic mass is 16.5. The van der Waals surface area contributed by atoms with Crippen molar-refractivity contribution in [1.82, 2.24) is 19.9 Å². The molecule has 1 aliphatic rings. The van der Waals surface area contributed by atoms with Crippen LogP contribution in [0.25, 0.3) is 33.1 Å². The number of likely N-dealkylation sites (tertiary alicyclic amines) is 1. The number of methoxy groups -OCH3 is 1. The van der Waals surface area contributed by atoms with Gasteiger partial charge in [-0.05, 0) is 48.7 Å². The molecule has 0 amide bonds. The van der Waals surface area contributed by atoms with Crippen LogP contribution in [0.15, 0.2) is 71.8 Å². The number of fused-ring (bicyclic) bond motifs is 2. The number of ether oxygens (including phenoxy) is 2. The molecule has 1 fully saturated rings. The summed E-state index contributed by atoms with van der Waals surface area (Å²) in [7, 11) is 1.78. The van der Waals surface area contributed by atoms with E-state index in [9.17, 15) is 4.79 Å². The molecule has 8 nitrogen and oxygen atoms in total. The molecule has 0 radical (unpaired) electrons. The summed E-state index contributed by atoms with van der Waals surface area (Å²) < 4.78 is 12.8. The van der Waals surface area contributed by atoms with E-state index in [2.05, 4.69) is 19.9 Å². The minimum absolute atomic E-state index is 0.116. The Morgan fingerprint density at radius 1 is 1.00 bits per heavy atom. The summed E-state index contributed by atoms with van der Waals surface area (Å²) in [6.45, 7) is 5.06. The molecular formula is C29H30N5O3+. The molecule has 3 aromatic heterocycles. The Morgan fingerprint density at radius 3 is 2.62 bits per heavy atom. The third-order valence-electron chi connectivity index (χ3n) is 7.34. The second-order valence-corrected chi connectivity index (χ2v) is 10.00. The van der Waals surface area contributed by atoms with Gasteiger partial charge in [0, 0.05) is 47.9 Å². The smallest absolute Gasteiger partial charge is 0.257 e. The molecule has 0 bridgehead atoms. The Bertz CT molecular complexity index is 1620. The minimum atomic E-state index is -0.116. The summed E-state index contributed by atoms with van der Waals surface area (Å²) in [5.74, 6) is 1.57. The molecule has 188 valence electrons. The molecule has 37 heavy (non-hydrogen) atoms.